The lowest BCUT2D eigenvalue weighted by atomic mass is 9.88. The Morgan fingerprint density at radius 3 is 2.87 bits per heavy atom. The van der Waals surface area contributed by atoms with Crippen LogP contribution in [-0.2, 0) is 16.6 Å². The standard InChI is InChI=1S/C16H28N4O3/c1-16(2,5-6-23-4)15(22)17-9-12-7-11(8-13(12)21)14-19-18-10-20(14)3/h10-13,21H,5-9H2,1-4H3,(H,17,22)/t11-,12+,13+/m0/s1. The first-order chi connectivity index (χ1) is 10.8. The number of methoxy groups -OCH3 is 1. The highest BCUT2D eigenvalue weighted by Gasteiger charge is 2.37. The molecule has 0 unspecified atom stereocenters. The predicted molar refractivity (Wildman–Crippen MR) is 85.8 cm³/mol. The van der Waals surface area contributed by atoms with Crippen LogP contribution in [0.1, 0.15) is 44.9 Å². The maximum absolute atomic E-state index is 12.3. The van der Waals surface area contributed by atoms with E-state index in [-0.39, 0.29) is 17.7 Å². The number of nitrogens with zero attached hydrogens (tertiary/aromatic N) is 3. The summed E-state index contributed by atoms with van der Waals surface area (Å²) in [6.45, 7) is 4.87. The van der Waals surface area contributed by atoms with Gasteiger partial charge < -0.3 is 19.7 Å². The van der Waals surface area contributed by atoms with E-state index in [1.807, 2.05) is 25.5 Å². The molecule has 1 aliphatic rings. The fourth-order valence-corrected chi connectivity index (χ4v) is 3.13. The zero-order chi connectivity index (χ0) is 17.0. The van der Waals surface area contributed by atoms with Crippen LogP contribution in [0.3, 0.4) is 0 Å². The molecule has 1 heterocycles. The van der Waals surface area contributed by atoms with Gasteiger partial charge in [-0.25, -0.2) is 0 Å². The third-order valence-corrected chi connectivity index (χ3v) is 4.84. The van der Waals surface area contributed by atoms with Crippen molar-refractivity contribution in [3.63, 3.8) is 0 Å². The average Bonchev–Trinajstić information content (AvgIpc) is 3.08. The van der Waals surface area contributed by atoms with Crippen LogP contribution in [0.25, 0.3) is 0 Å². The minimum Gasteiger partial charge on any atom is -0.393 e. The topological polar surface area (TPSA) is 89.3 Å². The highest BCUT2D eigenvalue weighted by molar-refractivity contribution is 5.81. The van der Waals surface area contributed by atoms with Crippen LogP contribution in [-0.4, -0.2) is 52.1 Å². The second-order valence-corrected chi connectivity index (χ2v) is 7.13. The minimum absolute atomic E-state index is 0.00357. The molecule has 130 valence electrons. The van der Waals surface area contributed by atoms with Gasteiger partial charge in [-0.1, -0.05) is 13.8 Å². The van der Waals surface area contributed by atoms with E-state index in [0.29, 0.717) is 26.0 Å². The maximum Gasteiger partial charge on any atom is 0.225 e. The molecule has 0 spiro atoms. The zero-order valence-corrected chi connectivity index (χ0v) is 14.5. The van der Waals surface area contributed by atoms with E-state index in [2.05, 4.69) is 15.5 Å². The molecule has 1 aliphatic carbocycles. The summed E-state index contributed by atoms with van der Waals surface area (Å²) >= 11 is 0. The molecule has 1 aromatic rings. The number of aliphatic hydroxyl groups excluding tert-OH is 1. The van der Waals surface area contributed by atoms with Gasteiger partial charge in [-0.15, -0.1) is 10.2 Å². The molecule has 1 fully saturated rings. The van der Waals surface area contributed by atoms with Crippen molar-refractivity contribution in [1.82, 2.24) is 20.1 Å². The Bertz CT molecular complexity index is 529. The van der Waals surface area contributed by atoms with Crippen LogP contribution in [0.2, 0.25) is 0 Å². The molecule has 1 aromatic heterocycles. The van der Waals surface area contributed by atoms with Gasteiger partial charge in [0.1, 0.15) is 12.2 Å². The van der Waals surface area contributed by atoms with Crippen molar-refractivity contribution in [2.75, 3.05) is 20.3 Å². The van der Waals surface area contributed by atoms with E-state index in [9.17, 15) is 9.90 Å². The van der Waals surface area contributed by atoms with Crippen LogP contribution in [0.4, 0.5) is 0 Å². The third kappa shape index (κ3) is 4.29. The second kappa shape index (κ2) is 7.40. The Labute approximate surface area is 137 Å². The van der Waals surface area contributed by atoms with E-state index < -0.39 is 11.5 Å². The summed E-state index contributed by atoms with van der Waals surface area (Å²) in [4.78, 5) is 12.3. The van der Waals surface area contributed by atoms with Gasteiger partial charge in [0.15, 0.2) is 0 Å². The molecular formula is C16H28N4O3. The van der Waals surface area contributed by atoms with Crippen LogP contribution in [0, 0.1) is 11.3 Å². The van der Waals surface area contributed by atoms with Crippen molar-refractivity contribution in [2.24, 2.45) is 18.4 Å². The first kappa shape index (κ1) is 17.9. The largest absolute Gasteiger partial charge is 0.393 e. The minimum atomic E-state index is -0.470. The van der Waals surface area contributed by atoms with Crippen molar-refractivity contribution in [2.45, 2.75) is 45.1 Å². The molecule has 3 atom stereocenters. The smallest absolute Gasteiger partial charge is 0.225 e. The van der Waals surface area contributed by atoms with Gasteiger partial charge in [-0.05, 0) is 19.3 Å². The number of rotatable bonds is 7. The van der Waals surface area contributed by atoms with Gasteiger partial charge in [0.25, 0.3) is 0 Å². The second-order valence-electron chi connectivity index (χ2n) is 7.13. The highest BCUT2D eigenvalue weighted by atomic mass is 16.5. The lowest BCUT2D eigenvalue weighted by Crippen LogP contribution is -2.41. The van der Waals surface area contributed by atoms with Gasteiger partial charge in [0.05, 0.1) is 6.10 Å². The normalized spacial score (nSPS) is 24.8. The number of ether oxygens (including phenoxy) is 1. The number of carbonyl (C=O) groups is 1. The summed E-state index contributed by atoms with van der Waals surface area (Å²) in [5, 5.41) is 21.3. The monoisotopic (exact) mass is 324 g/mol. The quantitative estimate of drug-likeness (QED) is 0.776. The number of aryl methyl sites for hydroxylation is 1. The molecule has 0 aromatic carbocycles. The van der Waals surface area contributed by atoms with E-state index in [1.165, 1.54) is 0 Å². The number of aromatic nitrogens is 3. The fraction of sp³-hybridized carbons (Fsp3) is 0.812. The molecule has 1 saturated carbocycles. The molecule has 1 amide bonds. The van der Waals surface area contributed by atoms with Crippen LogP contribution in [0.15, 0.2) is 6.33 Å². The Kier molecular flexibility index (Phi) is 5.75. The van der Waals surface area contributed by atoms with Crippen molar-refractivity contribution < 1.29 is 14.6 Å². The molecule has 0 saturated heterocycles. The van der Waals surface area contributed by atoms with Crippen LogP contribution in [0.5, 0.6) is 0 Å². The van der Waals surface area contributed by atoms with Crippen molar-refractivity contribution >= 4 is 5.91 Å². The van der Waals surface area contributed by atoms with Crippen molar-refractivity contribution in [1.29, 1.82) is 0 Å². The first-order valence-corrected chi connectivity index (χ1v) is 8.14. The summed E-state index contributed by atoms with van der Waals surface area (Å²) < 4.78 is 6.95. The maximum atomic E-state index is 12.3. The van der Waals surface area contributed by atoms with Gasteiger partial charge >= 0.3 is 0 Å². The fourth-order valence-electron chi connectivity index (χ4n) is 3.13. The molecule has 7 heteroatoms. The molecular weight excluding hydrogens is 296 g/mol. The molecule has 2 N–H and O–H groups in total. The summed E-state index contributed by atoms with van der Waals surface area (Å²) in [6, 6.07) is 0. The molecule has 0 bridgehead atoms. The number of hydrogen-bond donors (Lipinski definition) is 2. The van der Waals surface area contributed by atoms with E-state index in [1.54, 1.807) is 13.4 Å². The molecule has 7 nitrogen and oxygen atoms in total. The summed E-state index contributed by atoms with van der Waals surface area (Å²) in [7, 11) is 3.55. The van der Waals surface area contributed by atoms with E-state index >= 15 is 0 Å². The third-order valence-electron chi connectivity index (χ3n) is 4.84. The first-order valence-electron chi connectivity index (χ1n) is 8.14. The highest BCUT2D eigenvalue weighted by Crippen LogP contribution is 2.37. The van der Waals surface area contributed by atoms with Crippen LogP contribution >= 0.6 is 0 Å². The SMILES string of the molecule is COCCC(C)(C)C(=O)NC[C@H]1C[C@H](c2nncn2C)C[C@H]1O. The van der Waals surface area contributed by atoms with Crippen molar-refractivity contribution in [3.05, 3.63) is 12.2 Å². The lowest BCUT2D eigenvalue weighted by molar-refractivity contribution is -0.130. The molecule has 0 radical (unpaired) electrons. The summed E-state index contributed by atoms with van der Waals surface area (Å²) in [5.41, 5.74) is -0.470. The van der Waals surface area contributed by atoms with Gasteiger partial charge in [0.2, 0.25) is 5.91 Å². The zero-order valence-electron chi connectivity index (χ0n) is 14.5. The molecule has 0 aliphatic heterocycles. The predicted octanol–water partition coefficient (Wildman–Crippen LogP) is 0.849. The lowest BCUT2D eigenvalue weighted by Gasteiger charge is -2.25. The average molecular weight is 324 g/mol. The Morgan fingerprint density at radius 2 is 2.26 bits per heavy atom. The number of nitrogens with one attached hydrogen (secondary N) is 1. The van der Waals surface area contributed by atoms with E-state index in [4.69, 9.17) is 4.74 Å². The van der Waals surface area contributed by atoms with Crippen molar-refractivity contribution in [3.8, 4) is 0 Å². The number of carbonyl (C=O) groups excluding carboxylic acids is 1. The summed E-state index contributed by atoms with van der Waals surface area (Å²) in [5.74, 6) is 1.15. The van der Waals surface area contributed by atoms with E-state index in [0.717, 1.165) is 12.2 Å². The Hall–Kier alpha value is -1.47. The summed E-state index contributed by atoms with van der Waals surface area (Å²) in [6.07, 6.45) is 3.41. The molecule has 23 heavy (non-hydrogen) atoms. The van der Waals surface area contributed by atoms with Gasteiger partial charge in [0, 0.05) is 44.6 Å². The van der Waals surface area contributed by atoms with Crippen LogP contribution < -0.4 is 5.32 Å². The number of amides is 1. The number of hydrogen-bond acceptors (Lipinski definition) is 5. The Morgan fingerprint density at radius 1 is 1.52 bits per heavy atom. The molecule has 2 rings (SSSR count). The van der Waals surface area contributed by atoms with Gasteiger partial charge in [-0.2, -0.15) is 0 Å². The van der Waals surface area contributed by atoms with Gasteiger partial charge in [-0.3, -0.25) is 4.79 Å². The number of aliphatic hydroxyl groups is 1. The Balaban J connectivity index is 1.86.